The molecule has 0 saturated carbocycles. The monoisotopic (exact) mass is 431 g/mol. The van der Waals surface area contributed by atoms with Gasteiger partial charge in [-0.05, 0) is 56.2 Å². The average Bonchev–Trinajstić information content (AvgIpc) is 3.15. The van der Waals surface area contributed by atoms with Crippen molar-refractivity contribution in [3.05, 3.63) is 75.0 Å². The fourth-order valence-corrected chi connectivity index (χ4v) is 3.96. The van der Waals surface area contributed by atoms with Crippen molar-refractivity contribution in [2.75, 3.05) is 11.4 Å². The van der Waals surface area contributed by atoms with Gasteiger partial charge in [0.2, 0.25) is 0 Å². The second kappa shape index (κ2) is 6.56. The summed E-state index contributed by atoms with van der Waals surface area (Å²) in [6.07, 6.45) is 0.777. The third-order valence-electron chi connectivity index (χ3n) is 4.83. The second-order valence-electron chi connectivity index (χ2n) is 6.53. The Hall–Kier alpha value is -2.54. The third-order valence-corrected chi connectivity index (χ3v) is 5.32. The van der Waals surface area contributed by atoms with Crippen LogP contribution in [-0.2, 0) is 6.42 Å². The number of halogens is 3. The van der Waals surface area contributed by atoms with Gasteiger partial charge in [-0.1, -0.05) is 15.9 Å². The van der Waals surface area contributed by atoms with E-state index in [-0.39, 0.29) is 11.6 Å². The molecule has 0 spiro atoms. The quantitative estimate of drug-likeness (QED) is 0.587. The lowest BCUT2D eigenvalue weighted by atomic mass is 10.1. The molecule has 0 unspecified atom stereocenters. The lowest BCUT2D eigenvalue weighted by Gasteiger charge is -2.18. The molecule has 0 radical (unpaired) electrons. The van der Waals surface area contributed by atoms with E-state index in [9.17, 15) is 13.6 Å². The number of aryl methyl sites for hydroxylation is 1. The standard InChI is InChI=1S/C20H16BrF2N3O/c1-11-19(12(2)26(24-11)18-6-4-15(22)10-16(18)23)20(27)25-8-7-13-9-14(21)3-5-17(13)25/h3-6,9-10H,7-8H2,1-2H3. The minimum Gasteiger partial charge on any atom is -0.308 e. The Morgan fingerprint density at radius 3 is 2.59 bits per heavy atom. The molecule has 1 amide bonds. The molecule has 4 rings (SSSR count). The van der Waals surface area contributed by atoms with Crippen LogP contribution in [0.1, 0.15) is 27.3 Å². The second-order valence-corrected chi connectivity index (χ2v) is 7.45. The SMILES string of the molecule is Cc1nn(-c2ccc(F)cc2F)c(C)c1C(=O)N1CCc2cc(Br)ccc21. The number of anilines is 1. The van der Waals surface area contributed by atoms with Crippen LogP contribution < -0.4 is 4.90 Å². The Morgan fingerprint density at radius 2 is 1.85 bits per heavy atom. The van der Waals surface area contributed by atoms with Crippen molar-refractivity contribution < 1.29 is 13.6 Å². The summed E-state index contributed by atoms with van der Waals surface area (Å²) < 4.78 is 29.7. The van der Waals surface area contributed by atoms with Crippen molar-refractivity contribution in [1.29, 1.82) is 0 Å². The smallest absolute Gasteiger partial charge is 0.262 e. The van der Waals surface area contributed by atoms with Crippen molar-refractivity contribution in [1.82, 2.24) is 9.78 Å². The summed E-state index contributed by atoms with van der Waals surface area (Å²) in [7, 11) is 0. The normalized spacial score (nSPS) is 13.1. The number of carbonyl (C=O) groups excluding carboxylic acids is 1. The van der Waals surface area contributed by atoms with Crippen LogP contribution in [0.4, 0.5) is 14.5 Å². The van der Waals surface area contributed by atoms with Crippen LogP contribution in [0.5, 0.6) is 0 Å². The molecule has 27 heavy (non-hydrogen) atoms. The van der Waals surface area contributed by atoms with Gasteiger partial charge in [0.1, 0.15) is 11.5 Å². The Morgan fingerprint density at radius 1 is 1.11 bits per heavy atom. The van der Waals surface area contributed by atoms with E-state index < -0.39 is 11.6 Å². The molecule has 0 bridgehead atoms. The van der Waals surface area contributed by atoms with E-state index >= 15 is 0 Å². The zero-order valence-corrected chi connectivity index (χ0v) is 16.3. The van der Waals surface area contributed by atoms with Gasteiger partial charge in [0.05, 0.1) is 17.0 Å². The number of amides is 1. The topological polar surface area (TPSA) is 38.1 Å². The van der Waals surface area contributed by atoms with Crippen molar-refractivity contribution >= 4 is 27.5 Å². The van der Waals surface area contributed by atoms with Crippen LogP contribution >= 0.6 is 15.9 Å². The van der Waals surface area contributed by atoms with Crippen LogP contribution in [0.25, 0.3) is 5.69 Å². The molecule has 138 valence electrons. The first kappa shape index (κ1) is 17.9. The number of aromatic nitrogens is 2. The molecule has 3 aromatic rings. The summed E-state index contributed by atoms with van der Waals surface area (Å²) in [4.78, 5) is 15.0. The van der Waals surface area contributed by atoms with Crippen LogP contribution in [0, 0.1) is 25.5 Å². The van der Waals surface area contributed by atoms with Crippen molar-refractivity contribution in [3.63, 3.8) is 0 Å². The fourth-order valence-electron chi connectivity index (χ4n) is 3.56. The number of benzene rings is 2. The number of rotatable bonds is 2. The molecule has 1 aromatic heterocycles. The van der Waals surface area contributed by atoms with Gasteiger partial charge in [0.15, 0.2) is 5.82 Å². The summed E-state index contributed by atoms with van der Waals surface area (Å²) in [5.41, 5.74) is 3.56. The van der Waals surface area contributed by atoms with Gasteiger partial charge in [0, 0.05) is 22.8 Å². The first-order valence-electron chi connectivity index (χ1n) is 8.48. The van der Waals surface area contributed by atoms with Gasteiger partial charge in [-0.25, -0.2) is 13.5 Å². The predicted molar refractivity (Wildman–Crippen MR) is 102 cm³/mol. The molecule has 0 fully saturated rings. The van der Waals surface area contributed by atoms with Crippen LogP contribution in [0.2, 0.25) is 0 Å². The zero-order valence-electron chi connectivity index (χ0n) is 14.8. The molecule has 1 aliphatic heterocycles. The number of carbonyl (C=O) groups is 1. The summed E-state index contributed by atoms with van der Waals surface area (Å²) in [5, 5.41) is 4.33. The molecule has 0 aliphatic carbocycles. The lowest BCUT2D eigenvalue weighted by Crippen LogP contribution is -2.29. The largest absolute Gasteiger partial charge is 0.308 e. The molecular formula is C20H16BrF2N3O. The zero-order chi connectivity index (χ0) is 19.3. The Balaban J connectivity index is 1.76. The molecule has 0 N–H and O–H groups in total. The van der Waals surface area contributed by atoms with Crippen LogP contribution in [-0.4, -0.2) is 22.2 Å². The average molecular weight is 432 g/mol. The molecule has 2 aromatic carbocycles. The van der Waals surface area contributed by atoms with Gasteiger partial charge in [0.25, 0.3) is 5.91 Å². The van der Waals surface area contributed by atoms with Gasteiger partial charge < -0.3 is 4.90 Å². The highest BCUT2D eigenvalue weighted by Gasteiger charge is 2.30. The van der Waals surface area contributed by atoms with Crippen molar-refractivity contribution in [2.24, 2.45) is 0 Å². The van der Waals surface area contributed by atoms with Gasteiger partial charge in [-0.3, -0.25) is 4.79 Å². The first-order valence-corrected chi connectivity index (χ1v) is 9.28. The highest BCUT2D eigenvalue weighted by Crippen LogP contribution is 2.33. The maximum atomic E-state index is 14.2. The van der Waals surface area contributed by atoms with Crippen molar-refractivity contribution in [2.45, 2.75) is 20.3 Å². The summed E-state index contributed by atoms with van der Waals surface area (Å²) in [6, 6.07) is 9.13. The van der Waals surface area contributed by atoms with E-state index in [1.54, 1.807) is 18.7 Å². The molecule has 0 saturated heterocycles. The van der Waals surface area contributed by atoms with Crippen LogP contribution in [0.15, 0.2) is 40.9 Å². The summed E-state index contributed by atoms with van der Waals surface area (Å²) in [5.74, 6) is -1.55. The minimum atomic E-state index is -0.726. The third kappa shape index (κ3) is 2.96. The number of fused-ring (bicyclic) bond motifs is 1. The van der Waals surface area contributed by atoms with E-state index in [0.29, 0.717) is 23.5 Å². The van der Waals surface area contributed by atoms with Gasteiger partial charge in [-0.15, -0.1) is 0 Å². The highest BCUT2D eigenvalue weighted by atomic mass is 79.9. The lowest BCUT2D eigenvalue weighted by molar-refractivity contribution is 0.0988. The van der Waals surface area contributed by atoms with E-state index in [0.717, 1.165) is 28.2 Å². The maximum Gasteiger partial charge on any atom is 0.262 e. The molecular weight excluding hydrogens is 416 g/mol. The van der Waals surface area contributed by atoms with E-state index in [4.69, 9.17) is 0 Å². The summed E-state index contributed by atoms with van der Waals surface area (Å²) in [6.45, 7) is 4.02. The molecule has 2 heterocycles. The Labute approximate surface area is 163 Å². The molecule has 7 heteroatoms. The van der Waals surface area contributed by atoms with Crippen molar-refractivity contribution in [3.8, 4) is 5.69 Å². The summed E-state index contributed by atoms with van der Waals surface area (Å²) >= 11 is 3.45. The number of hydrogen-bond donors (Lipinski definition) is 0. The van der Waals surface area contributed by atoms with Gasteiger partial charge in [-0.2, -0.15) is 5.10 Å². The minimum absolute atomic E-state index is 0.113. The maximum absolute atomic E-state index is 14.2. The number of hydrogen-bond acceptors (Lipinski definition) is 2. The van der Waals surface area contributed by atoms with Gasteiger partial charge >= 0.3 is 0 Å². The Kier molecular flexibility index (Phi) is 4.34. The predicted octanol–water partition coefficient (Wildman–Crippen LogP) is 4.73. The fraction of sp³-hybridized carbons (Fsp3) is 0.200. The Bertz CT molecular complexity index is 1080. The molecule has 4 nitrogen and oxygen atoms in total. The van der Waals surface area contributed by atoms with E-state index in [1.165, 1.54) is 16.8 Å². The van der Waals surface area contributed by atoms with E-state index in [1.807, 2.05) is 18.2 Å². The molecule has 1 aliphatic rings. The highest BCUT2D eigenvalue weighted by molar-refractivity contribution is 9.10. The van der Waals surface area contributed by atoms with Crippen LogP contribution in [0.3, 0.4) is 0 Å². The molecule has 0 atom stereocenters. The number of nitrogens with zero attached hydrogens (tertiary/aromatic N) is 3. The van der Waals surface area contributed by atoms with E-state index in [2.05, 4.69) is 21.0 Å². The first-order chi connectivity index (χ1) is 12.9.